The molecule has 1 aliphatic rings. The Balaban J connectivity index is 1.43. The van der Waals surface area contributed by atoms with Crippen molar-refractivity contribution in [3.8, 4) is 11.4 Å². The second-order valence-corrected chi connectivity index (χ2v) is 7.68. The van der Waals surface area contributed by atoms with Crippen LogP contribution in [0, 0.1) is 5.82 Å². The van der Waals surface area contributed by atoms with Crippen molar-refractivity contribution in [2.24, 2.45) is 0 Å². The first-order valence-electron chi connectivity index (χ1n) is 10.3. The van der Waals surface area contributed by atoms with Crippen LogP contribution in [0.25, 0.3) is 22.3 Å². The predicted octanol–water partition coefficient (Wildman–Crippen LogP) is 3.52. The minimum atomic E-state index is -0.395. The van der Waals surface area contributed by atoms with E-state index >= 15 is 0 Å². The second kappa shape index (κ2) is 8.31. The number of aromatic amines is 1. The van der Waals surface area contributed by atoms with E-state index in [1.165, 1.54) is 12.4 Å². The summed E-state index contributed by atoms with van der Waals surface area (Å²) < 4.78 is 22.0. The van der Waals surface area contributed by atoms with Crippen LogP contribution in [-0.4, -0.2) is 44.9 Å². The molecule has 1 amide bonds. The van der Waals surface area contributed by atoms with Crippen molar-refractivity contribution in [1.29, 1.82) is 0 Å². The van der Waals surface area contributed by atoms with E-state index in [-0.39, 0.29) is 11.9 Å². The van der Waals surface area contributed by atoms with Gasteiger partial charge in [0.25, 0.3) is 5.91 Å². The van der Waals surface area contributed by atoms with E-state index in [0.29, 0.717) is 42.0 Å². The molecule has 0 saturated carbocycles. The summed E-state index contributed by atoms with van der Waals surface area (Å²) in [4.78, 5) is 17.1. The molecule has 2 aromatic heterocycles. The fourth-order valence-electron chi connectivity index (χ4n) is 4.02. The van der Waals surface area contributed by atoms with Gasteiger partial charge in [0.15, 0.2) is 5.82 Å². The number of aromatic nitrogens is 4. The number of amides is 1. The molecule has 0 radical (unpaired) electrons. The van der Waals surface area contributed by atoms with Crippen molar-refractivity contribution >= 4 is 16.8 Å². The first-order chi connectivity index (χ1) is 15.2. The number of carbonyl (C=O) groups excluding carboxylic acids is 1. The predicted molar refractivity (Wildman–Crippen MR) is 114 cm³/mol. The summed E-state index contributed by atoms with van der Waals surface area (Å²) in [6, 6.07) is 12.8. The standard InChI is InChI=1S/C23H22FN5O2/c24-19-2-1-3-20-21(19)18(23(30)27-17-8-10-31-11-9-17)13-29(20)12-15-4-6-16(7-5-15)22-25-14-26-28-22/h1-7,13-14,17H,8-12H2,(H,27,30)(H,25,26,28). The average molecular weight is 419 g/mol. The van der Waals surface area contributed by atoms with Gasteiger partial charge in [0.05, 0.1) is 11.1 Å². The monoisotopic (exact) mass is 419 g/mol. The van der Waals surface area contributed by atoms with Gasteiger partial charge in [-0.05, 0) is 30.5 Å². The zero-order valence-corrected chi connectivity index (χ0v) is 16.8. The fourth-order valence-corrected chi connectivity index (χ4v) is 4.02. The number of nitrogens with one attached hydrogen (secondary N) is 2. The van der Waals surface area contributed by atoms with Gasteiger partial charge >= 0.3 is 0 Å². The summed E-state index contributed by atoms with van der Waals surface area (Å²) in [5.74, 6) is -0.0128. The maximum atomic E-state index is 14.7. The third-order valence-electron chi connectivity index (χ3n) is 5.64. The van der Waals surface area contributed by atoms with Crippen molar-refractivity contribution in [2.75, 3.05) is 13.2 Å². The summed E-state index contributed by atoms with van der Waals surface area (Å²) in [6.45, 7) is 1.77. The number of H-pyrrole nitrogens is 1. The van der Waals surface area contributed by atoms with Crippen LogP contribution in [0.5, 0.6) is 0 Å². The van der Waals surface area contributed by atoms with E-state index in [4.69, 9.17) is 4.74 Å². The molecule has 2 N–H and O–H groups in total. The minimum Gasteiger partial charge on any atom is -0.381 e. The Hall–Kier alpha value is -3.52. The van der Waals surface area contributed by atoms with E-state index in [0.717, 1.165) is 24.0 Å². The number of ether oxygens (including phenoxy) is 1. The van der Waals surface area contributed by atoms with Gasteiger partial charge in [-0.15, -0.1) is 0 Å². The van der Waals surface area contributed by atoms with Crippen molar-refractivity contribution in [1.82, 2.24) is 25.1 Å². The molecule has 0 aliphatic carbocycles. The van der Waals surface area contributed by atoms with E-state index in [1.807, 2.05) is 34.9 Å². The number of hydrogen-bond acceptors (Lipinski definition) is 4. The molecule has 0 atom stereocenters. The van der Waals surface area contributed by atoms with E-state index < -0.39 is 5.82 Å². The molecule has 1 aliphatic heterocycles. The van der Waals surface area contributed by atoms with Crippen LogP contribution in [0.15, 0.2) is 55.0 Å². The molecule has 8 heteroatoms. The maximum absolute atomic E-state index is 14.7. The van der Waals surface area contributed by atoms with Gasteiger partial charge in [-0.3, -0.25) is 9.89 Å². The van der Waals surface area contributed by atoms with Gasteiger partial charge in [-0.25, -0.2) is 9.37 Å². The summed E-state index contributed by atoms with van der Waals surface area (Å²) in [5, 5.41) is 10.2. The van der Waals surface area contributed by atoms with Gasteiger partial charge < -0.3 is 14.6 Å². The van der Waals surface area contributed by atoms with Crippen LogP contribution >= 0.6 is 0 Å². The first kappa shape index (κ1) is 19.4. The lowest BCUT2D eigenvalue weighted by molar-refractivity contribution is 0.0697. The summed E-state index contributed by atoms with van der Waals surface area (Å²) in [6.07, 6.45) is 4.82. The summed E-state index contributed by atoms with van der Waals surface area (Å²) >= 11 is 0. The molecule has 2 aromatic carbocycles. The Morgan fingerprint density at radius 1 is 1.19 bits per heavy atom. The van der Waals surface area contributed by atoms with Crippen molar-refractivity contribution in [2.45, 2.75) is 25.4 Å². The lowest BCUT2D eigenvalue weighted by atomic mass is 10.1. The smallest absolute Gasteiger partial charge is 0.253 e. The Kier molecular flexibility index (Phi) is 5.21. The largest absolute Gasteiger partial charge is 0.381 e. The highest BCUT2D eigenvalue weighted by atomic mass is 19.1. The molecule has 0 bridgehead atoms. The summed E-state index contributed by atoms with van der Waals surface area (Å²) in [5.41, 5.74) is 2.98. The third-order valence-corrected chi connectivity index (χ3v) is 5.64. The highest BCUT2D eigenvalue weighted by Crippen LogP contribution is 2.26. The SMILES string of the molecule is O=C(NC1CCOCC1)c1cn(Cc2ccc(-c3nc[nH]n3)cc2)c2cccc(F)c12. The Morgan fingerprint density at radius 3 is 2.74 bits per heavy atom. The van der Waals surface area contributed by atoms with Crippen LogP contribution in [0.4, 0.5) is 4.39 Å². The lowest BCUT2D eigenvalue weighted by Crippen LogP contribution is -2.38. The Bertz CT molecular complexity index is 1190. The molecule has 158 valence electrons. The number of carbonyl (C=O) groups is 1. The van der Waals surface area contributed by atoms with Crippen LogP contribution < -0.4 is 5.32 Å². The maximum Gasteiger partial charge on any atom is 0.253 e. The van der Waals surface area contributed by atoms with Gasteiger partial charge in [-0.2, -0.15) is 5.10 Å². The fraction of sp³-hybridized carbons (Fsp3) is 0.261. The van der Waals surface area contributed by atoms with Gasteiger partial charge in [0.1, 0.15) is 12.1 Å². The molecule has 5 rings (SSSR count). The number of rotatable bonds is 5. The topological polar surface area (TPSA) is 84.8 Å². The molecule has 31 heavy (non-hydrogen) atoms. The van der Waals surface area contributed by atoms with Crippen LogP contribution in [0.2, 0.25) is 0 Å². The molecule has 0 spiro atoms. The number of halogens is 1. The zero-order valence-electron chi connectivity index (χ0n) is 16.8. The molecule has 1 saturated heterocycles. The van der Waals surface area contributed by atoms with Crippen molar-refractivity contribution in [3.63, 3.8) is 0 Å². The number of nitrogens with zero attached hydrogens (tertiary/aromatic N) is 3. The summed E-state index contributed by atoms with van der Waals surface area (Å²) in [7, 11) is 0. The van der Waals surface area contributed by atoms with Crippen LogP contribution in [-0.2, 0) is 11.3 Å². The van der Waals surface area contributed by atoms with E-state index in [9.17, 15) is 9.18 Å². The third kappa shape index (κ3) is 3.94. The highest BCUT2D eigenvalue weighted by Gasteiger charge is 2.22. The van der Waals surface area contributed by atoms with Gasteiger partial charge in [-0.1, -0.05) is 30.3 Å². The molecule has 7 nitrogen and oxygen atoms in total. The highest BCUT2D eigenvalue weighted by molar-refractivity contribution is 6.07. The molecular formula is C23H22FN5O2. The van der Waals surface area contributed by atoms with E-state index in [2.05, 4.69) is 20.5 Å². The zero-order chi connectivity index (χ0) is 21.2. The Morgan fingerprint density at radius 2 is 2.00 bits per heavy atom. The normalized spacial score (nSPS) is 14.7. The van der Waals surface area contributed by atoms with Crippen molar-refractivity contribution < 1.29 is 13.9 Å². The second-order valence-electron chi connectivity index (χ2n) is 7.68. The lowest BCUT2D eigenvalue weighted by Gasteiger charge is -2.22. The number of hydrogen-bond donors (Lipinski definition) is 2. The average Bonchev–Trinajstić information content (AvgIpc) is 3.45. The molecule has 3 heterocycles. The van der Waals surface area contributed by atoms with Crippen LogP contribution in [0.1, 0.15) is 28.8 Å². The Labute approximate surface area is 178 Å². The quantitative estimate of drug-likeness (QED) is 0.518. The molecular weight excluding hydrogens is 397 g/mol. The molecule has 1 fully saturated rings. The first-order valence-corrected chi connectivity index (χ1v) is 10.3. The number of benzene rings is 2. The number of fused-ring (bicyclic) bond motifs is 1. The van der Waals surface area contributed by atoms with Crippen molar-refractivity contribution in [3.05, 3.63) is 71.9 Å². The molecule has 0 unspecified atom stereocenters. The van der Waals surface area contributed by atoms with Gasteiger partial charge in [0, 0.05) is 42.9 Å². The minimum absolute atomic E-state index is 0.0506. The molecule has 4 aromatic rings. The van der Waals surface area contributed by atoms with Gasteiger partial charge in [0.2, 0.25) is 0 Å². The van der Waals surface area contributed by atoms with E-state index in [1.54, 1.807) is 12.3 Å². The van der Waals surface area contributed by atoms with Crippen LogP contribution in [0.3, 0.4) is 0 Å².